The fourth-order valence-electron chi connectivity index (χ4n) is 2.30. The maximum atomic E-state index is 12.5. The maximum Gasteiger partial charge on any atom is 0.409 e. The predicted molar refractivity (Wildman–Crippen MR) is 83.4 cm³/mol. The molecule has 1 saturated heterocycles. The first kappa shape index (κ1) is 15.8. The molecule has 5 nitrogen and oxygen atoms in total. The second-order valence-electron chi connectivity index (χ2n) is 4.94. The van der Waals surface area contributed by atoms with Gasteiger partial charge in [-0.15, -0.1) is 0 Å². The minimum Gasteiger partial charge on any atom is -0.450 e. The summed E-state index contributed by atoms with van der Waals surface area (Å²) in [4.78, 5) is 27.6. The van der Waals surface area contributed by atoms with Crippen LogP contribution in [0.15, 0.2) is 22.7 Å². The summed E-state index contributed by atoms with van der Waals surface area (Å²) in [5.74, 6) is 0.0114. The number of ether oxygens (including phenoxy) is 1. The number of benzene rings is 1. The zero-order chi connectivity index (χ0) is 15.4. The number of carbonyl (C=O) groups excluding carboxylic acids is 2. The number of hydrogen-bond acceptors (Lipinski definition) is 3. The van der Waals surface area contributed by atoms with Crippen molar-refractivity contribution in [1.82, 2.24) is 9.80 Å². The number of nitrogens with zero attached hydrogens (tertiary/aromatic N) is 2. The molecule has 2 rings (SSSR count). The van der Waals surface area contributed by atoms with Crippen molar-refractivity contribution in [2.24, 2.45) is 0 Å². The van der Waals surface area contributed by atoms with Crippen LogP contribution in [0.2, 0.25) is 0 Å². The average Bonchev–Trinajstić information content (AvgIpc) is 2.49. The molecule has 0 aliphatic carbocycles. The van der Waals surface area contributed by atoms with Gasteiger partial charge in [0.05, 0.1) is 6.61 Å². The summed E-state index contributed by atoms with van der Waals surface area (Å²) in [5, 5.41) is 0. The Kier molecular flexibility index (Phi) is 5.22. The van der Waals surface area contributed by atoms with Crippen molar-refractivity contribution in [3.8, 4) is 0 Å². The quantitative estimate of drug-likeness (QED) is 0.820. The number of carbonyl (C=O) groups is 2. The number of piperazine rings is 1. The van der Waals surface area contributed by atoms with Crippen LogP contribution in [0.25, 0.3) is 0 Å². The van der Waals surface area contributed by atoms with Gasteiger partial charge in [-0.2, -0.15) is 0 Å². The molecule has 1 aromatic rings. The molecule has 0 radical (unpaired) electrons. The summed E-state index contributed by atoms with van der Waals surface area (Å²) in [6.45, 7) is 6.17. The van der Waals surface area contributed by atoms with Gasteiger partial charge >= 0.3 is 6.09 Å². The molecular weight excluding hydrogens is 336 g/mol. The molecule has 1 aliphatic rings. The van der Waals surface area contributed by atoms with Crippen LogP contribution in [0.4, 0.5) is 4.79 Å². The lowest BCUT2D eigenvalue weighted by Gasteiger charge is -2.34. The monoisotopic (exact) mass is 354 g/mol. The first-order valence-electron chi connectivity index (χ1n) is 7.00. The Balaban J connectivity index is 2.00. The van der Waals surface area contributed by atoms with E-state index in [1.165, 1.54) is 0 Å². The Morgan fingerprint density at radius 1 is 1.19 bits per heavy atom. The van der Waals surface area contributed by atoms with Crippen molar-refractivity contribution in [3.63, 3.8) is 0 Å². The zero-order valence-electron chi connectivity index (χ0n) is 12.3. The van der Waals surface area contributed by atoms with Gasteiger partial charge in [-0.3, -0.25) is 4.79 Å². The van der Waals surface area contributed by atoms with Crippen molar-refractivity contribution >= 4 is 27.9 Å². The molecule has 2 amide bonds. The first-order valence-corrected chi connectivity index (χ1v) is 7.79. The van der Waals surface area contributed by atoms with Crippen molar-refractivity contribution in [1.29, 1.82) is 0 Å². The van der Waals surface area contributed by atoms with Gasteiger partial charge in [0.15, 0.2) is 0 Å². The molecule has 1 heterocycles. The van der Waals surface area contributed by atoms with E-state index in [9.17, 15) is 9.59 Å². The standard InChI is InChI=1S/C15H19BrN2O3/c1-3-21-15(20)18-8-6-17(7-9-18)14(19)13-10-12(16)5-4-11(13)2/h4-5,10H,3,6-9H2,1-2H3. The number of hydrogen-bond donors (Lipinski definition) is 0. The third-order valence-corrected chi connectivity index (χ3v) is 4.02. The van der Waals surface area contributed by atoms with Crippen LogP contribution >= 0.6 is 15.9 Å². The fourth-order valence-corrected chi connectivity index (χ4v) is 2.66. The third-order valence-electron chi connectivity index (χ3n) is 3.52. The SMILES string of the molecule is CCOC(=O)N1CCN(C(=O)c2cc(Br)ccc2C)CC1. The van der Waals surface area contributed by atoms with E-state index in [2.05, 4.69) is 15.9 Å². The predicted octanol–water partition coefficient (Wildman–Crippen LogP) is 2.67. The molecule has 0 bridgehead atoms. The number of rotatable bonds is 2. The van der Waals surface area contributed by atoms with Crippen LogP contribution < -0.4 is 0 Å². The smallest absolute Gasteiger partial charge is 0.409 e. The molecule has 1 aromatic carbocycles. The summed E-state index contributed by atoms with van der Waals surface area (Å²) in [6.07, 6.45) is -0.303. The van der Waals surface area contributed by atoms with Gasteiger partial charge in [0, 0.05) is 36.2 Å². The molecule has 21 heavy (non-hydrogen) atoms. The molecule has 0 unspecified atom stereocenters. The molecular formula is C15H19BrN2O3. The summed E-state index contributed by atoms with van der Waals surface area (Å²) in [5.41, 5.74) is 1.66. The molecule has 0 saturated carbocycles. The van der Waals surface area contributed by atoms with E-state index >= 15 is 0 Å². The second kappa shape index (κ2) is 6.93. The van der Waals surface area contributed by atoms with E-state index in [0.717, 1.165) is 10.0 Å². The van der Waals surface area contributed by atoms with E-state index < -0.39 is 0 Å². The van der Waals surface area contributed by atoms with E-state index in [4.69, 9.17) is 4.74 Å². The highest BCUT2D eigenvalue weighted by molar-refractivity contribution is 9.10. The fraction of sp³-hybridized carbons (Fsp3) is 0.467. The lowest BCUT2D eigenvalue weighted by Crippen LogP contribution is -2.50. The summed E-state index contributed by atoms with van der Waals surface area (Å²) >= 11 is 3.39. The second-order valence-corrected chi connectivity index (χ2v) is 5.85. The highest BCUT2D eigenvalue weighted by Gasteiger charge is 2.26. The van der Waals surface area contributed by atoms with Gasteiger partial charge < -0.3 is 14.5 Å². The van der Waals surface area contributed by atoms with Crippen molar-refractivity contribution in [2.75, 3.05) is 32.8 Å². The number of halogens is 1. The number of aryl methyl sites for hydroxylation is 1. The van der Waals surface area contributed by atoms with Crippen LogP contribution in [0.1, 0.15) is 22.8 Å². The largest absolute Gasteiger partial charge is 0.450 e. The van der Waals surface area contributed by atoms with E-state index in [0.29, 0.717) is 38.3 Å². The van der Waals surface area contributed by atoms with Gasteiger partial charge in [-0.25, -0.2) is 4.79 Å². The van der Waals surface area contributed by atoms with Gasteiger partial charge in [-0.1, -0.05) is 22.0 Å². The molecule has 0 N–H and O–H groups in total. The molecule has 1 fully saturated rings. The molecule has 0 atom stereocenters. The minimum absolute atomic E-state index is 0.0114. The Hall–Kier alpha value is -1.56. The van der Waals surface area contributed by atoms with E-state index in [1.54, 1.807) is 16.7 Å². The Labute approximate surface area is 133 Å². The molecule has 1 aliphatic heterocycles. The van der Waals surface area contributed by atoms with Crippen LogP contribution in [0.3, 0.4) is 0 Å². The molecule has 0 spiro atoms. The lowest BCUT2D eigenvalue weighted by atomic mass is 10.1. The Morgan fingerprint density at radius 3 is 2.43 bits per heavy atom. The highest BCUT2D eigenvalue weighted by Crippen LogP contribution is 2.18. The molecule has 6 heteroatoms. The third kappa shape index (κ3) is 3.75. The molecule has 114 valence electrons. The van der Waals surface area contributed by atoms with Gasteiger partial charge in [-0.05, 0) is 31.5 Å². The summed E-state index contributed by atoms with van der Waals surface area (Å²) in [6, 6.07) is 5.69. The topological polar surface area (TPSA) is 49.9 Å². The van der Waals surface area contributed by atoms with Gasteiger partial charge in [0.1, 0.15) is 0 Å². The lowest BCUT2D eigenvalue weighted by molar-refractivity contribution is 0.0570. The number of amides is 2. The van der Waals surface area contributed by atoms with Crippen LogP contribution in [-0.2, 0) is 4.74 Å². The van der Waals surface area contributed by atoms with Crippen LogP contribution in [-0.4, -0.2) is 54.6 Å². The van der Waals surface area contributed by atoms with Gasteiger partial charge in [0.25, 0.3) is 5.91 Å². The highest BCUT2D eigenvalue weighted by atomic mass is 79.9. The Morgan fingerprint density at radius 2 is 1.81 bits per heavy atom. The normalized spacial score (nSPS) is 15.0. The van der Waals surface area contributed by atoms with E-state index in [-0.39, 0.29) is 12.0 Å². The van der Waals surface area contributed by atoms with Gasteiger partial charge in [0.2, 0.25) is 0 Å². The van der Waals surface area contributed by atoms with Crippen molar-refractivity contribution < 1.29 is 14.3 Å². The van der Waals surface area contributed by atoms with Crippen LogP contribution in [0, 0.1) is 6.92 Å². The zero-order valence-corrected chi connectivity index (χ0v) is 13.9. The summed E-state index contributed by atoms with van der Waals surface area (Å²) in [7, 11) is 0. The van der Waals surface area contributed by atoms with Crippen LogP contribution in [0.5, 0.6) is 0 Å². The molecule has 0 aromatic heterocycles. The first-order chi connectivity index (χ1) is 10.0. The minimum atomic E-state index is -0.303. The average molecular weight is 355 g/mol. The maximum absolute atomic E-state index is 12.5. The summed E-state index contributed by atoms with van der Waals surface area (Å²) < 4.78 is 5.86. The van der Waals surface area contributed by atoms with Crippen molar-refractivity contribution in [3.05, 3.63) is 33.8 Å². The Bertz CT molecular complexity index is 540. The van der Waals surface area contributed by atoms with Crippen molar-refractivity contribution in [2.45, 2.75) is 13.8 Å². The van der Waals surface area contributed by atoms with E-state index in [1.807, 2.05) is 25.1 Å².